The minimum atomic E-state index is -0.748. The summed E-state index contributed by atoms with van der Waals surface area (Å²) in [6.07, 6.45) is 3.23. The van der Waals surface area contributed by atoms with E-state index in [0.717, 1.165) is 0 Å². The highest BCUT2D eigenvalue weighted by atomic mass is 32.1. The molecule has 5 aromatic rings. The lowest BCUT2D eigenvalue weighted by molar-refractivity contribution is 0.0971. The Hall–Kier alpha value is -3.91. The normalized spacial score (nSPS) is 15.7. The van der Waals surface area contributed by atoms with Crippen LogP contribution >= 0.6 is 11.3 Å². The molecule has 8 heteroatoms. The maximum atomic E-state index is 13.7. The summed E-state index contributed by atoms with van der Waals surface area (Å²) < 4.78 is 20.2. The summed E-state index contributed by atoms with van der Waals surface area (Å²) >= 11 is 1.18. The molecule has 150 valence electrons. The fraction of sp³-hybridized carbons (Fsp3) is 0.0435. The monoisotopic (exact) mass is 429 g/mol. The van der Waals surface area contributed by atoms with Crippen molar-refractivity contribution in [3.8, 4) is 0 Å². The number of amides is 1. The van der Waals surface area contributed by atoms with Crippen LogP contribution in [0.5, 0.6) is 0 Å². The summed E-state index contributed by atoms with van der Waals surface area (Å²) in [7, 11) is 0. The van der Waals surface area contributed by atoms with E-state index in [2.05, 4.69) is 9.97 Å². The fourth-order valence-corrected chi connectivity index (χ4v) is 4.98. The van der Waals surface area contributed by atoms with E-state index in [4.69, 9.17) is 4.42 Å². The van der Waals surface area contributed by atoms with Crippen molar-refractivity contribution in [2.45, 2.75) is 6.04 Å². The van der Waals surface area contributed by atoms with Gasteiger partial charge in [0, 0.05) is 12.4 Å². The van der Waals surface area contributed by atoms with Gasteiger partial charge in [0.15, 0.2) is 10.6 Å². The molecule has 2 aromatic carbocycles. The predicted molar refractivity (Wildman–Crippen MR) is 115 cm³/mol. The predicted octanol–water partition coefficient (Wildman–Crippen LogP) is 4.69. The summed E-state index contributed by atoms with van der Waals surface area (Å²) in [5, 5.41) is 0.755. The van der Waals surface area contributed by atoms with Gasteiger partial charge >= 0.3 is 0 Å². The maximum absolute atomic E-state index is 13.7. The van der Waals surface area contributed by atoms with E-state index in [-0.39, 0.29) is 22.6 Å². The first-order chi connectivity index (χ1) is 15.1. The Balaban J connectivity index is 1.64. The second-order valence-corrected chi connectivity index (χ2v) is 8.15. The van der Waals surface area contributed by atoms with Gasteiger partial charge in [0.05, 0.1) is 27.2 Å². The minimum Gasteiger partial charge on any atom is -0.450 e. The number of rotatable bonds is 2. The van der Waals surface area contributed by atoms with Gasteiger partial charge in [0.25, 0.3) is 5.91 Å². The summed E-state index contributed by atoms with van der Waals surface area (Å²) in [4.78, 5) is 37.0. The zero-order valence-electron chi connectivity index (χ0n) is 15.8. The van der Waals surface area contributed by atoms with Crippen LogP contribution in [-0.2, 0) is 0 Å². The molecule has 4 heterocycles. The van der Waals surface area contributed by atoms with Crippen LogP contribution in [0.4, 0.5) is 9.52 Å². The molecule has 0 N–H and O–H groups in total. The number of fused-ring (bicyclic) bond motifs is 3. The number of carbonyl (C=O) groups excluding carboxylic acids is 1. The number of thiazole rings is 1. The van der Waals surface area contributed by atoms with Gasteiger partial charge < -0.3 is 4.42 Å². The third-order valence-corrected chi connectivity index (χ3v) is 6.34. The molecule has 1 aliphatic rings. The maximum Gasteiger partial charge on any atom is 0.297 e. The van der Waals surface area contributed by atoms with Crippen molar-refractivity contribution in [2.75, 3.05) is 4.90 Å². The van der Waals surface area contributed by atoms with Crippen molar-refractivity contribution in [1.29, 1.82) is 0 Å². The van der Waals surface area contributed by atoms with Gasteiger partial charge in [-0.25, -0.2) is 9.37 Å². The van der Waals surface area contributed by atoms with Crippen LogP contribution in [0.2, 0.25) is 0 Å². The highest BCUT2D eigenvalue weighted by molar-refractivity contribution is 7.22. The number of hydrogen-bond acceptors (Lipinski definition) is 6. The molecule has 1 amide bonds. The number of aromatic nitrogens is 2. The molecule has 0 saturated heterocycles. The number of halogens is 1. The van der Waals surface area contributed by atoms with E-state index in [9.17, 15) is 14.0 Å². The molecular weight excluding hydrogens is 417 g/mol. The van der Waals surface area contributed by atoms with Crippen molar-refractivity contribution in [3.63, 3.8) is 0 Å². The first kappa shape index (κ1) is 17.9. The zero-order chi connectivity index (χ0) is 21.1. The average Bonchev–Trinajstić information content (AvgIpc) is 3.33. The van der Waals surface area contributed by atoms with Crippen molar-refractivity contribution in [3.05, 3.63) is 99.9 Å². The van der Waals surface area contributed by atoms with Crippen LogP contribution in [-0.4, -0.2) is 15.9 Å². The number of carbonyl (C=O) groups is 1. The Kier molecular flexibility index (Phi) is 3.78. The van der Waals surface area contributed by atoms with Gasteiger partial charge in [-0.2, -0.15) is 0 Å². The molecule has 0 bridgehead atoms. The lowest BCUT2D eigenvalue weighted by atomic mass is 10.0. The quantitative estimate of drug-likeness (QED) is 0.407. The zero-order valence-corrected chi connectivity index (χ0v) is 16.6. The fourth-order valence-electron chi connectivity index (χ4n) is 3.96. The molecular formula is C23H12FN3O3S. The standard InChI is InChI=1S/C23H12FN3O3S/c24-13-7-8-15-17(10-13)31-23(26-15)27-19(12-4-3-9-25-11-12)18-20(28)14-5-1-2-6-16(14)30-21(18)22(27)29/h1-11,19H/t19-/m0/s1. The topological polar surface area (TPSA) is 76.3 Å². The number of nitrogens with zero attached hydrogens (tertiary/aromatic N) is 3. The Morgan fingerprint density at radius 3 is 2.77 bits per heavy atom. The van der Waals surface area contributed by atoms with E-state index in [1.807, 2.05) is 0 Å². The van der Waals surface area contributed by atoms with E-state index in [1.165, 1.54) is 28.4 Å². The van der Waals surface area contributed by atoms with Crippen molar-refractivity contribution in [2.24, 2.45) is 0 Å². The van der Waals surface area contributed by atoms with Crippen molar-refractivity contribution < 1.29 is 13.6 Å². The average molecular weight is 429 g/mol. The number of para-hydroxylation sites is 1. The summed E-state index contributed by atoms with van der Waals surface area (Å²) in [5.74, 6) is -0.861. The largest absolute Gasteiger partial charge is 0.450 e. The van der Waals surface area contributed by atoms with Crippen LogP contribution in [0.25, 0.3) is 21.2 Å². The van der Waals surface area contributed by atoms with Crippen LogP contribution < -0.4 is 10.3 Å². The number of hydrogen-bond donors (Lipinski definition) is 0. The molecule has 3 aromatic heterocycles. The SMILES string of the molecule is O=C1c2oc3ccccc3c(=O)c2[C@H](c2cccnc2)N1c1nc2ccc(F)cc2s1. The molecule has 6 rings (SSSR count). The number of anilines is 1. The summed E-state index contributed by atoms with van der Waals surface area (Å²) in [6.45, 7) is 0. The van der Waals surface area contributed by atoms with Gasteiger partial charge in [-0.15, -0.1) is 0 Å². The molecule has 6 nitrogen and oxygen atoms in total. The van der Waals surface area contributed by atoms with Gasteiger partial charge in [0.2, 0.25) is 5.76 Å². The second kappa shape index (κ2) is 6.55. The highest BCUT2D eigenvalue weighted by Crippen LogP contribution is 2.43. The lowest BCUT2D eigenvalue weighted by Crippen LogP contribution is -2.29. The lowest BCUT2D eigenvalue weighted by Gasteiger charge is -2.22. The Labute approximate surface area is 178 Å². The molecule has 1 aliphatic heterocycles. The molecule has 0 radical (unpaired) electrons. The van der Waals surface area contributed by atoms with E-state index < -0.39 is 11.9 Å². The molecule has 0 saturated carbocycles. The van der Waals surface area contributed by atoms with E-state index in [1.54, 1.807) is 54.9 Å². The van der Waals surface area contributed by atoms with Crippen LogP contribution in [0, 0.1) is 5.82 Å². The Bertz CT molecular complexity index is 1560. The summed E-state index contributed by atoms with van der Waals surface area (Å²) in [6, 6.07) is 13.9. The summed E-state index contributed by atoms with van der Waals surface area (Å²) in [5.41, 5.74) is 1.55. The molecule has 31 heavy (non-hydrogen) atoms. The Morgan fingerprint density at radius 2 is 1.94 bits per heavy atom. The smallest absolute Gasteiger partial charge is 0.297 e. The van der Waals surface area contributed by atoms with Gasteiger partial charge in [-0.05, 0) is 42.0 Å². The molecule has 1 atom stereocenters. The van der Waals surface area contributed by atoms with Crippen LogP contribution in [0.1, 0.15) is 27.7 Å². The van der Waals surface area contributed by atoms with Crippen LogP contribution in [0.3, 0.4) is 0 Å². The van der Waals surface area contributed by atoms with Gasteiger partial charge in [-0.1, -0.05) is 29.5 Å². The molecule has 0 unspecified atom stereocenters. The number of pyridine rings is 1. The first-order valence-electron chi connectivity index (χ1n) is 9.47. The highest BCUT2D eigenvalue weighted by Gasteiger charge is 2.45. The van der Waals surface area contributed by atoms with E-state index in [0.29, 0.717) is 31.9 Å². The van der Waals surface area contributed by atoms with Gasteiger partial charge in [0.1, 0.15) is 11.4 Å². The van der Waals surface area contributed by atoms with E-state index >= 15 is 0 Å². The third kappa shape index (κ3) is 2.62. The Morgan fingerprint density at radius 1 is 1.06 bits per heavy atom. The van der Waals surface area contributed by atoms with Crippen molar-refractivity contribution >= 4 is 43.6 Å². The first-order valence-corrected chi connectivity index (χ1v) is 10.3. The van der Waals surface area contributed by atoms with Crippen molar-refractivity contribution in [1.82, 2.24) is 9.97 Å². The second-order valence-electron chi connectivity index (χ2n) is 7.14. The third-order valence-electron chi connectivity index (χ3n) is 5.32. The molecule has 0 aliphatic carbocycles. The minimum absolute atomic E-state index is 0.0111. The van der Waals surface area contributed by atoms with Gasteiger partial charge in [-0.3, -0.25) is 19.5 Å². The molecule has 0 fully saturated rings. The number of benzene rings is 2. The van der Waals surface area contributed by atoms with Crippen LogP contribution in [0.15, 0.2) is 76.2 Å². The molecule has 0 spiro atoms.